The second-order valence-electron chi connectivity index (χ2n) is 6.64. The van der Waals surface area contributed by atoms with E-state index in [1.165, 1.54) is 0 Å². The van der Waals surface area contributed by atoms with Crippen molar-refractivity contribution in [1.29, 1.82) is 0 Å². The molecule has 142 valence electrons. The van der Waals surface area contributed by atoms with Crippen molar-refractivity contribution in [2.75, 3.05) is 48.6 Å². The number of aryl methyl sites for hydroxylation is 1. The quantitative estimate of drug-likeness (QED) is 0.766. The van der Waals surface area contributed by atoms with Crippen molar-refractivity contribution in [3.63, 3.8) is 0 Å². The van der Waals surface area contributed by atoms with E-state index >= 15 is 0 Å². The first-order valence-electron chi connectivity index (χ1n) is 8.52. The Morgan fingerprint density at radius 2 is 1.85 bits per heavy atom. The lowest BCUT2D eigenvalue weighted by atomic mass is 10.1. The number of β-amino-alcohol motifs (C(OH)–C–C–N with tert-alkyl or cyclic N) is 1. The van der Waals surface area contributed by atoms with E-state index in [9.17, 15) is 13.5 Å². The number of hydrogen-bond donors (Lipinski definition) is 2. The lowest BCUT2D eigenvalue weighted by molar-refractivity contribution is 0.109. The molecule has 0 bridgehead atoms. The van der Waals surface area contributed by atoms with Gasteiger partial charge in [-0.3, -0.25) is 9.62 Å². The number of benzene rings is 1. The third-order valence-electron chi connectivity index (χ3n) is 4.48. The predicted octanol–water partition coefficient (Wildman–Crippen LogP) is 0.647. The maximum atomic E-state index is 11.2. The van der Waals surface area contributed by atoms with Gasteiger partial charge >= 0.3 is 0 Å². The molecule has 0 saturated carbocycles. The number of piperazine rings is 1. The summed E-state index contributed by atoms with van der Waals surface area (Å²) in [6, 6.07) is 6.84. The summed E-state index contributed by atoms with van der Waals surface area (Å²) in [5, 5.41) is 10.5. The second-order valence-corrected chi connectivity index (χ2v) is 8.39. The Balaban J connectivity index is 1.52. The number of nitrogens with one attached hydrogen (secondary N) is 1. The zero-order valence-corrected chi connectivity index (χ0v) is 15.9. The Bertz CT molecular complexity index is 826. The zero-order valence-electron chi connectivity index (χ0n) is 15.0. The molecule has 2 heterocycles. The monoisotopic (exact) mass is 379 g/mol. The van der Waals surface area contributed by atoms with E-state index in [-0.39, 0.29) is 0 Å². The molecule has 3 rings (SSSR count). The van der Waals surface area contributed by atoms with Crippen molar-refractivity contribution in [2.24, 2.45) is 7.05 Å². The number of imidazole rings is 1. The average Bonchev–Trinajstić information content (AvgIpc) is 3.01. The summed E-state index contributed by atoms with van der Waals surface area (Å²) in [5.41, 5.74) is 1.27. The van der Waals surface area contributed by atoms with E-state index in [1.807, 2.05) is 17.8 Å². The first kappa shape index (κ1) is 18.7. The van der Waals surface area contributed by atoms with Crippen molar-refractivity contribution in [3.8, 4) is 0 Å². The number of rotatable bonds is 6. The van der Waals surface area contributed by atoms with Gasteiger partial charge < -0.3 is 14.6 Å². The van der Waals surface area contributed by atoms with Gasteiger partial charge in [0.1, 0.15) is 0 Å². The number of aliphatic hydroxyl groups excluding tert-OH is 1. The van der Waals surface area contributed by atoms with Gasteiger partial charge in [-0.05, 0) is 17.7 Å². The van der Waals surface area contributed by atoms with Crippen LogP contribution in [-0.2, 0) is 17.1 Å². The Labute approximate surface area is 154 Å². The SMILES string of the molecule is Cn1ccnc1N1CCN(CC(O)c2ccc(NS(C)(=O)=O)cc2)CC1. The molecular weight excluding hydrogens is 354 g/mol. The highest BCUT2D eigenvalue weighted by molar-refractivity contribution is 7.92. The van der Waals surface area contributed by atoms with E-state index in [1.54, 1.807) is 30.5 Å². The lowest BCUT2D eigenvalue weighted by Gasteiger charge is -2.36. The van der Waals surface area contributed by atoms with Crippen molar-refractivity contribution >= 4 is 21.7 Å². The summed E-state index contributed by atoms with van der Waals surface area (Å²) < 4.78 is 26.9. The van der Waals surface area contributed by atoms with Crippen LogP contribution in [0.4, 0.5) is 11.6 Å². The fraction of sp³-hybridized carbons (Fsp3) is 0.471. The molecule has 1 aliphatic rings. The van der Waals surface area contributed by atoms with E-state index in [0.717, 1.165) is 43.9 Å². The number of aromatic nitrogens is 2. The van der Waals surface area contributed by atoms with E-state index in [0.29, 0.717) is 12.2 Å². The Kier molecular flexibility index (Phi) is 5.49. The van der Waals surface area contributed by atoms with Crippen molar-refractivity contribution < 1.29 is 13.5 Å². The molecule has 0 radical (unpaired) electrons. The van der Waals surface area contributed by atoms with Crippen LogP contribution in [0, 0.1) is 0 Å². The Hall–Kier alpha value is -2.10. The third kappa shape index (κ3) is 4.75. The van der Waals surface area contributed by atoms with Gasteiger partial charge in [-0.1, -0.05) is 12.1 Å². The molecule has 1 aromatic heterocycles. The molecule has 1 fully saturated rings. The van der Waals surface area contributed by atoms with Gasteiger partial charge in [0.2, 0.25) is 16.0 Å². The molecule has 26 heavy (non-hydrogen) atoms. The van der Waals surface area contributed by atoms with Crippen LogP contribution in [0.2, 0.25) is 0 Å². The van der Waals surface area contributed by atoms with Gasteiger partial charge in [0, 0.05) is 57.9 Å². The van der Waals surface area contributed by atoms with Crippen LogP contribution < -0.4 is 9.62 Å². The predicted molar refractivity (Wildman–Crippen MR) is 102 cm³/mol. The highest BCUT2D eigenvalue weighted by atomic mass is 32.2. The average molecular weight is 379 g/mol. The molecule has 1 aliphatic heterocycles. The number of hydrogen-bond acceptors (Lipinski definition) is 6. The number of sulfonamides is 1. The largest absolute Gasteiger partial charge is 0.387 e. The maximum Gasteiger partial charge on any atom is 0.229 e. The molecule has 0 aliphatic carbocycles. The first-order valence-corrected chi connectivity index (χ1v) is 10.4. The number of nitrogens with zero attached hydrogens (tertiary/aromatic N) is 4. The molecule has 9 heteroatoms. The highest BCUT2D eigenvalue weighted by Crippen LogP contribution is 2.19. The normalized spacial score (nSPS) is 17.3. The van der Waals surface area contributed by atoms with E-state index in [4.69, 9.17) is 0 Å². The van der Waals surface area contributed by atoms with Crippen LogP contribution in [-0.4, -0.2) is 67.0 Å². The molecule has 2 N–H and O–H groups in total. The van der Waals surface area contributed by atoms with Crippen molar-refractivity contribution in [1.82, 2.24) is 14.5 Å². The highest BCUT2D eigenvalue weighted by Gasteiger charge is 2.22. The molecule has 0 spiro atoms. The fourth-order valence-electron chi connectivity index (χ4n) is 3.13. The van der Waals surface area contributed by atoms with Crippen molar-refractivity contribution in [3.05, 3.63) is 42.2 Å². The minimum atomic E-state index is -3.29. The summed E-state index contributed by atoms with van der Waals surface area (Å²) in [4.78, 5) is 8.85. The van der Waals surface area contributed by atoms with Gasteiger partial charge in [0.15, 0.2) is 0 Å². The smallest absolute Gasteiger partial charge is 0.229 e. The minimum absolute atomic E-state index is 0.493. The van der Waals surface area contributed by atoms with Crippen LogP contribution in [0.25, 0.3) is 0 Å². The lowest BCUT2D eigenvalue weighted by Crippen LogP contribution is -2.48. The molecule has 2 aromatic rings. The topological polar surface area (TPSA) is 90.7 Å². The van der Waals surface area contributed by atoms with Crippen LogP contribution in [0.1, 0.15) is 11.7 Å². The number of anilines is 2. The summed E-state index contributed by atoms with van der Waals surface area (Å²) in [5.74, 6) is 0.971. The zero-order chi connectivity index (χ0) is 18.7. The second kappa shape index (κ2) is 7.65. The van der Waals surface area contributed by atoms with Crippen LogP contribution >= 0.6 is 0 Å². The van der Waals surface area contributed by atoms with Gasteiger partial charge in [-0.25, -0.2) is 13.4 Å². The Morgan fingerprint density at radius 1 is 1.19 bits per heavy atom. The van der Waals surface area contributed by atoms with Gasteiger partial charge in [-0.2, -0.15) is 0 Å². The van der Waals surface area contributed by atoms with Crippen LogP contribution in [0.5, 0.6) is 0 Å². The van der Waals surface area contributed by atoms with Gasteiger partial charge in [0.05, 0.1) is 12.4 Å². The maximum absolute atomic E-state index is 11.2. The third-order valence-corrected chi connectivity index (χ3v) is 5.09. The molecule has 8 nitrogen and oxygen atoms in total. The summed E-state index contributed by atoms with van der Waals surface area (Å²) >= 11 is 0. The van der Waals surface area contributed by atoms with E-state index in [2.05, 4.69) is 19.5 Å². The number of aliphatic hydroxyl groups is 1. The summed E-state index contributed by atoms with van der Waals surface area (Å²) in [6.07, 6.45) is 4.24. The van der Waals surface area contributed by atoms with Crippen LogP contribution in [0.3, 0.4) is 0 Å². The molecule has 1 saturated heterocycles. The standard InChI is InChI=1S/C17H25N5O3S/c1-20-8-7-18-17(20)22-11-9-21(10-12-22)13-16(23)14-3-5-15(6-4-14)19-26(2,24)25/h3-8,16,19,23H,9-13H2,1-2H3. The van der Waals surface area contributed by atoms with Gasteiger partial charge in [0.25, 0.3) is 0 Å². The fourth-order valence-corrected chi connectivity index (χ4v) is 3.69. The van der Waals surface area contributed by atoms with Crippen molar-refractivity contribution in [2.45, 2.75) is 6.10 Å². The Morgan fingerprint density at radius 3 is 2.38 bits per heavy atom. The molecule has 1 atom stereocenters. The first-order chi connectivity index (χ1) is 12.3. The summed E-state index contributed by atoms with van der Waals surface area (Å²) in [6.45, 7) is 4.01. The van der Waals surface area contributed by atoms with Crippen LogP contribution in [0.15, 0.2) is 36.7 Å². The molecule has 1 unspecified atom stereocenters. The molecular formula is C17H25N5O3S. The minimum Gasteiger partial charge on any atom is -0.387 e. The molecule has 0 amide bonds. The van der Waals surface area contributed by atoms with E-state index < -0.39 is 16.1 Å². The summed E-state index contributed by atoms with van der Waals surface area (Å²) in [7, 11) is -1.31. The van der Waals surface area contributed by atoms with Gasteiger partial charge in [-0.15, -0.1) is 0 Å². The molecule has 1 aromatic carbocycles.